The zero-order valence-electron chi connectivity index (χ0n) is 10.9. The largest absolute Gasteiger partial charge is 0.497 e. The molecular weight excluding hydrogens is 212 g/mol. The third-order valence-electron chi connectivity index (χ3n) is 3.36. The first-order chi connectivity index (χ1) is 8.15. The average molecular weight is 232 g/mol. The zero-order chi connectivity index (χ0) is 12.4. The maximum atomic E-state index is 5.26. The van der Waals surface area contributed by atoms with Crippen LogP contribution in [0.1, 0.15) is 12.6 Å². The topological polar surface area (TPSA) is 26.2 Å². The molecule has 2 rings (SSSR count). The molecule has 1 unspecified atom stereocenters. The predicted octanol–water partition coefficient (Wildman–Crippen LogP) is 2.34. The van der Waals surface area contributed by atoms with Crippen molar-refractivity contribution in [3.8, 4) is 5.75 Å². The number of nitrogens with zero attached hydrogens (tertiary/aromatic N) is 1. The third kappa shape index (κ3) is 2.29. The van der Waals surface area contributed by atoms with Crippen molar-refractivity contribution in [1.82, 2.24) is 9.88 Å². The number of benzene rings is 1. The molecule has 1 heterocycles. The maximum Gasteiger partial charge on any atom is 0.120 e. The van der Waals surface area contributed by atoms with Crippen LogP contribution in [-0.4, -0.2) is 24.8 Å². The van der Waals surface area contributed by atoms with Crippen LogP contribution >= 0.6 is 0 Å². The summed E-state index contributed by atoms with van der Waals surface area (Å²) in [5.41, 5.74) is 2.57. The number of methoxy groups -OCH3 is 1. The second-order valence-corrected chi connectivity index (χ2v) is 4.51. The molecule has 0 saturated heterocycles. The minimum atomic E-state index is 0.486. The predicted molar refractivity (Wildman–Crippen MR) is 71.7 cm³/mol. The van der Waals surface area contributed by atoms with Crippen molar-refractivity contribution in [1.29, 1.82) is 0 Å². The van der Waals surface area contributed by atoms with Crippen molar-refractivity contribution >= 4 is 10.9 Å². The van der Waals surface area contributed by atoms with Gasteiger partial charge in [-0.05, 0) is 32.2 Å². The van der Waals surface area contributed by atoms with E-state index in [-0.39, 0.29) is 0 Å². The highest BCUT2D eigenvalue weighted by Gasteiger charge is 2.09. The van der Waals surface area contributed by atoms with Crippen LogP contribution in [0.4, 0.5) is 0 Å². The van der Waals surface area contributed by atoms with E-state index in [1.54, 1.807) is 7.11 Å². The molecule has 0 saturated carbocycles. The van der Waals surface area contributed by atoms with Gasteiger partial charge in [0, 0.05) is 36.7 Å². The Labute approximate surface area is 102 Å². The number of aromatic nitrogens is 1. The van der Waals surface area contributed by atoms with Crippen molar-refractivity contribution in [3.05, 3.63) is 30.0 Å². The molecule has 0 bridgehead atoms. The fourth-order valence-corrected chi connectivity index (χ4v) is 2.11. The Hall–Kier alpha value is -1.48. The Morgan fingerprint density at radius 3 is 2.76 bits per heavy atom. The van der Waals surface area contributed by atoms with E-state index in [2.05, 4.69) is 42.1 Å². The first-order valence-corrected chi connectivity index (χ1v) is 5.95. The molecule has 2 aromatic rings. The summed E-state index contributed by atoms with van der Waals surface area (Å²) in [5.74, 6) is 0.909. The monoisotopic (exact) mass is 232 g/mol. The summed E-state index contributed by atoms with van der Waals surface area (Å²) in [4.78, 5) is 0. The highest BCUT2D eigenvalue weighted by molar-refractivity contribution is 5.82. The molecule has 0 aliphatic carbocycles. The van der Waals surface area contributed by atoms with Crippen molar-refractivity contribution in [2.45, 2.75) is 19.4 Å². The number of hydrogen-bond acceptors (Lipinski definition) is 2. The molecule has 0 fully saturated rings. The lowest BCUT2D eigenvalue weighted by Gasteiger charge is -2.10. The fraction of sp³-hybridized carbons (Fsp3) is 0.429. The summed E-state index contributed by atoms with van der Waals surface area (Å²) in [7, 11) is 5.81. The van der Waals surface area contributed by atoms with Crippen LogP contribution in [0.3, 0.4) is 0 Å². The van der Waals surface area contributed by atoms with Crippen LogP contribution in [0.2, 0.25) is 0 Å². The Balaban J connectivity index is 2.42. The number of aryl methyl sites for hydroxylation is 1. The van der Waals surface area contributed by atoms with E-state index in [4.69, 9.17) is 4.74 Å². The number of fused-ring (bicyclic) bond motifs is 1. The van der Waals surface area contributed by atoms with Gasteiger partial charge in [-0.2, -0.15) is 0 Å². The summed E-state index contributed by atoms with van der Waals surface area (Å²) < 4.78 is 7.50. The molecule has 3 heteroatoms. The second-order valence-electron chi connectivity index (χ2n) is 4.51. The zero-order valence-corrected chi connectivity index (χ0v) is 10.9. The average Bonchev–Trinajstić information content (AvgIpc) is 2.66. The molecule has 17 heavy (non-hydrogen) atoms. The lowest BCUT2D eigenvalue weighted by molar-refractivity contribution is 0.415. The Kier molecular flexibility index (Phi) is 3.38. The molecule has 0 aliphatic rings. The lowest BCUT2D eigenvalue weighted by atomic mass is 10.2. The number of nitrogens with one attached hydrogen (secondary N) is 1. The number of hydrogen-bond donors (Lipinski definition) is 1. The van der Waals surface area contributed by atoms with Crippen molar-refractivity contribution in [2.24, 2.45) is 7.05 Å². The van der Waals surface area contributed by atoms with E-state index < -0.39 is 0 Å². The van der Waals surface area contributed by atoms with Gasteiger partial charge in [0.2, 0.25) is 0 Å². The SMILES string of the molecule is CNC(C)Cc1cc2ccc(OC)cc2n1C. The van der Waals surface area contributed by atoms with E-state index in [9.17, 15) is 0 Å². The van der Waals surface area contributed by atoms with Crippen molar-refractivity contribution in [3.63, 3.8) is 0 Å². The summed E-state index contributed by atoms with van der Waals surface area (Å²) in [5, 5.41) is 4.54. The third-order valence-corrected chi connectivity index (χ3v) is 3.36. The molecule has 1 atom stereocenters. The first kappa shape index (κ1) is 12.0. The van der Waals surface area contributed by atoms with Gasteiger partial charge in [0.15, 0.2) is 0 Å². The number of ether oxygens (including phenoxy) is 1. The minimum absolute atomic E-state index is 0.486. The Morgan fingerprint density at radius 2 is 2.12 bits per heavy atom. The smallest absolute Gasteiger partial charge is 0.120 e. The summed E-state index contributed by atoms with van der Waals surface area (Å²) >= 11 is 0. The molecule has 1 aromatic carbocycles. The fourth-order valence-electron chi connectivity index (χ4n) is 2.11. The van der Waals surface area contributed by atoms with Crippen LogP contribution in [0.5, 0.6) is 5.75 Å². The standard InChI is InChI=1S/C14H20N2O/c1-10(15-2)7-12-8-11-5-6-13(17-4)9-14(11)16(12)3/h5-6,8-10,15H,7H2,1-4H3. The van der Waals surface area contributed by atoms with E-state index in [0.717, 1.165) is 12.2 Å². The van der Waals surface area contributed by atoms with Crippen LogP contribution in [-0.2, 0) is 13.5 Å². The van der Waals surface area contributed by atoms with Gasteiger partial charge >= 0.3 is 0 Å². The lowest BCUT2D eigenvalue weighted by Crippen LogP contribution is -2.24. The molecule has 0 aliphatic heterocycles. The second kappa shape index (κ2) is 4.80. The van der Waals surface area contributed by atoms with Crippen LogP contribution < -0.4 is 10.1 Å². The van der Waals surface area contributed by atoms with Gasteiger partial charge in [0.25, 0.3) is 0 Å². The van der Waals surface area contributed by atoms with Crippen molar-refractivity contribution < 1.29 is 4.74 Å². The molecule has 0 amide bonds. The normalized spacial score (nSPS) is 12.9. The highest BCUT2D eigenvalue weighted by atomic mass is 16.5. The maximum absolute atomic E-state index is 5.26. The molecule has 0 spiro atoms. The van der Waals surface area contributed by atoms with Crippen LogP contribution in [0.15, 0.2) is 24.3 Å². The number of rotatable bonds is 4. The molecule has 1 N–H and O–H groups in total. The van der Waals surface area contributed by atoms with Crippen LogP contribution in [0.25, 0.3) is 10.9 Å². The van der Waals surface area contributed by atoms with Crippen LogP contribution in [0, 0.1) is 0 Å². The van der Waals surface area contributed by atoms with Gasteiger partial charge in [-0.3, -0.25) is 0 Å². The van der Waals surface area contributed by atoms with E-state index in [0.29, 0.717) is 6.04 Å². The van der Waals surface area contributed by atoms with Gasteiger partial charge in [0.1, 0.15) is 5.75 Å². The Morgan fingerprint density at radius 1 is 1.35 bits per heavy atom. The highest BCUT2D eigenvalue weighted by Crippen LogP contribution is 2.24. The van der Waals surface area contributed by atoms with Gasteiger partial charge in [-0.1, -0.05) is 0 Å². The molecule has 0 radical (unpaired) electrons. The molecular formula is C14H20N2O. The molecule has 3 nitrogen and oxygen atoms in total. The summed E-state index contributed by atoms with van der Waals surface area (Å²) in [6.45, 7) is 2.19. The van der Waals surface area contributed by atoms with E-state index in [1.807, 2.05) is 13.1 Å². The van der Waals surface area contributed by atoms with Gasteiger partial charge in [-0.15, -0.1) is 0 Å². The molecule has 92 valence electrons. The molecule has 1 aromatic heterocycles. The minimum Gasteiger partial charge on any atom is -0.497 e. The van der Waals surface area contributed by atoms with Gasteiger partial charge in [0.05, 0.1) is 12.6 Å². The number of likely N-dealkylation sites (N-methyl/N-ethyl adjacent to an activating group) is 1. The van der Waals surface area contributed by atoms with E-state index in [1.165, 1.54) is 16.6 Å². The van der Waals surface area contributed by atoms with E-state index >= 15 is 0 Å². The first-order valence-electron chi connectivity index (χ1n) is 5.95. The van der Waals surface area contributed by atoms with Gasteiger partial charge in [-0.25, -0.2) is 0 Å². The summed E-state index contributed by atoms with van der Waals surface area (Å²) in [6, 6.07) is 8.95. The van der Waals surface area contributed by atoms with Crippen molar-refractivity contribution in [2.75, 3.05) is 14.2 Å². The summed E-state index contributed by atoms with van der Waals surface area (Å²) in [6.07, 6.45) is 1.03. The van der Waals surface area contributed by atoms with Gasteiger partial charge < -0.3 is 14.6 Å². The Bertz CT molecular complexity index is 516. The quantitative estimate of drug-likeness (QED) is 0.875.